The minimum absolute atomic E-state index is 0.0803. The zero-order valence-electron chi connectivity index (χ0n) is 29.6. The van der Waals surface area contributed by atoms with Crippen LogP contribution in [0.4, 0.5) is 28.4 Å². The molecule has 0 aliphatic rings. The van der Waals surface area contributed by atoms with Crippen molar-refractivity contribution in [3.63, 3.8) is 0 Å². The van der Waals surface area contributed by atoms with Crippen LogP contribution in [0.25, 0.3) is 0 Å². The molecule has 4 heteroatoms. The summed E-state index contributed by atoms with van der Waals surface area (Å²) in [6, 6.07) is 38.6. The highest BCUT2D eigenvalue weighted by Crippen LogP contribution is 2.40. The molecular formula is C43H49ClN2O. The third-order valence-corrected chi connectivity index (χ3v) is 8.91. The first-order chi connectivity index (χ1) is 22.0. The van der Waals surface area contributed by atoms with Gasteiger partial charge in [0.2, 0.25) is 0 Å². The zero-order valence-corrected chi connectivity index (χ0v) is 30.4. The molecule has 5 aromatic carbocycles. The minimum atomic E-state index is 0.0803. The van der Waals surface area contributed by atoms with E-state index in [1.807, 2.05) is 31.2 Å². The van der Waals surface area contributed by atoms with Crippen molar-refractivity contribution in [3.8, 4) is 11.5 Å². The average molecular weight is 645 g/mol. The van der Waals surface area contributed by atoms with Crippen LogP contribution in [0, 0.1) is 6.92 Å². The molecule has 5 aromatic rings. The minimum Gasteiger partial charge on any atom is -0.456 e. The third-order valence-electron chi connectivity index (χ3n) is 8.52. The molecule has 0 aliphatic heterocycles. The molecule has 0 bridgehead atoms. The molecule has 3 nitrogen and oxygen atoms in total. The van der Waals surface area contributed by atoms with Crippen molar-refractivity contribution in [1.29, 1.82) is 0 Å². The lowest BCUT2D eigenvalue weighted by Crippen LogP contribution is -2.14. The van der Waals surface area contributed by atoms with Crippen LogP contribution >= 0.6 is 11.6 Å². The SMILES string of the molecule is Cc1cc(Nc2ccc(N(c3ccc(C(C)(C)C)cc3)c3ccc(C(C)(C)C)cc3)cc2)c(Cl)c(Oc2ccc(C(C)(C)C)cc2)c1. The zero-order chi connectivity index (χ0) is 34.1. The normalized spacial score (nSPS) is 12.1. The summed E-state index contributed by atoms with van der Waals surface area (Å²) in [5.41, 5.74) is 10.2. The number of nitrogens with zero attached hydrogens (tertiary/aromatic N) is 1. The molecule has 0 saturated carbocycles. The van der Waals surface area contributed by atoms with Crippen LogP contribution in [0.3, 0.4) is 0 Å². The first-order valence-corrected chi connectivity index (χ1v) is 16.8. The van der Waals surface area contributed by atoms with Crippen LogP contribution in [-0.4, -0.2) is 0 Å². The van der Waals surface area contributed by atoms with E-state index < -0.39 is 0 Å². The number of anilines is 5. The molecule has 0 aromatic heterocycles. The predicted octanol–water partition coefficient (Wildman–Crippen LogP) is 13.5. The van der Waals surface area contributed by atoms with Gasteiger partial charge in [0.25, 0.3) is 0 Å². The van der Waals surface area contributed by atoms with Crippen LogP contribution in [0.5, 0.6) is 11.5 Å². The van der Waals surface area contributed by atoms with Gasteiger partial charge in [0.15, 0.2) is 0 Å². The first-order valence-electron chi connectivity index (χ1n) is 16.5. The molecule has 0 heterocycles. The van der Waals surface area contributed by atoms with E-state index in [0.29, 0.717) is 10.8 Å². The van der Waals surface area contributed by atoms with Crippen molar-refractivity contribution in [2.75, 3.05) is 10.2 Å². The van der Waals surface area contributed by atoms with E-state index in [-0.39, 0.29) is 16.2 Å². The Balaban J connectivity index is 1.43. The lowest BCUT2D eigenvalue weighted by molar-refractivity contribution is 0.481. The number of hydrogen-bond acceptors (Lipinski definition) is 3. The highest BCUT2D eigenvalue weighted by Gasteiger charge is 2.19. The second-order valence-corrected chi connectivity index (χ2v) is 16.0. The van der Waals surface area contributed by atoms with Crippen molar-refractivity contribution >= 4 is 40.0 Å². The fraction of sp³-hybridized carbons (Fsp3) is 0.302. The number of ether oxygens (including phenoxy) is 1. The van der Waals surface area contributed by atoms with Gasteiger partial charge in [-0.05, 0) is 118 Å². The lowest BCUT2D eigenvalue weighted by Gasteiger charge is -2.28. The molecule has 47 heavy (non-hydrogen) atoms. The van der Waals surface area contributed by atoms with Crippen molar-refractivity contribution in [3.05, 3.63) is 136 Å². The third kappa shape index (κ3) is 8.21. The molecule has 0 unspecified atom stereocenters. The van der Waals surface area contributed by atoms with Crippen molar-refractivity contribution < 1.29 is 4.74 Å². The maximum Gasteiger partial charge on any atom is 0.148 e. The number of aryl methyl sites for hydroxylation is 1. The average Bonchev–Trinajstić information content (AvgIpc) is 3.00. The molecule has 5 rings (SSSR count). The summed E-state index contributed by atoms with van der Waals surface area (Å²) in [5, 5.41) is 4.07. The monoisotopic (exact) mass is 644 g/mol. The second kappa shape index (κ2) is 13.1. The summed E-state index contributed by atoms with van der Waals surface area (Å²) in [5.74, 6) is 1.38. The van der Waals surface area contributed by atoms with Gasteiger partial charge in [-0.1, -0.05) is 110 Å². The lowest BCUT2D eigenvalue weighted by atomic mass is 9.86. The van der Waals surface area contributed by atoms with Gasteiger partial charge in [-0.15, -0.1) is 0 Å². The Morgan fingerprint density at radius 3 is 1.32 bits per heavy atom. The van der Waals surface area contributed by atoms with Crippen LogP contribution in [0.15, 0.2) is 109 Å². The highest BCUT2D eigenvalue weighted by molar-refractivity contribution is 6.35. The molecule has 0 spiro atoms. The van der Waals surface area contributed by atoms with Gasteiger partial charge < -0.3 is 15.0 Å². The number of halogens is 1. The summed E-state index contributed by atoms with van der Waals surface area (Å²) in [7, 11) is 0. The molecule has 0 atom stereocenters. The van der Waals surface area contributed by atoms with Gasteiger partial charge >= 0.3 is 0 Å². The smallest absolute Gasteiger partial charge is 0.148 e. The van der Waals surface area contributed by atoms with Crippen LogP contribution < -0.4 is 15.0 Å². The van der Waals surface area contributed by atoms with Crippen LogP contribution in [0.1, 0.15) is 84.6 Å². The summed E-state index contributed by atoms with van der Waals surface area (Å²) in [6.07, 6.45) is 0. The predicted molar refractivity (Wildman–Crippen MR) is 203 cm³/mol. The van der Waals surface area contributed by atoms with Crippen molar-refractivity contribution in [1.82, 2.24) is 0 Å². The standard InChI is InChI=1S/C43H49ClN2O/c1-29-27-38(40(44)39(28-29)47-37-25-15-32(16-26-37)43(8,9)10)45-33-17-23-36(24-18-33)46(34-19-11-30(12-20-34)41(2,3)4)35-21-13-31(14-22-35)42(5,6)7/h11-28,45H,1-10H3. The number of hydrogen-bond donors (Lipinski definition) is 1. The van der Waals surface area contributed by atoms with E-state index in [4.69, 9.17) is 16.3 Å². The summed E-state index contributed by atoms with van der Waals surface area (Å²) in [4.78, 5) is 2.30. The molecule has 0 radical (unpaired) electrons. The van der Waals surface area contributed by atoms with Crippen molar-refractivity contribution in [2.45, 2.75) is 85.5 Å². The van der Waals surface area contributed by atoms with Gasteiger partial charge in [0.05, 0.1) is 5.69 Å². The maximum atomic E-state index is 6.92. The van der Waals surface area contributed by atoms with Crippen molar-refractivity contribution in [2.24, 2.45) is 0 Å². The molecule has 0 fully saturated rings. The fourth-order valence-electron chi connectivity index (χ4n) is 5.57. The van der Waals surface area contributed by atoms with Gasteiger partial charge in [-0.25, -0.2) is 0 Å². The van der Waals surface area contributed by atoms with Crippen LogP contribution in [-0.2, 0) is 16.2 Å². The molecule has 1 N–H and O–H groups in total. The van der Waals surface area contributed by atoms with E-state index >= 15 is 0 Å². The largest absolute Gasteiger partial charge is 0.456 e. The Bertz CT molecular complexity index is 1740. The van der Waals surface area contributed by atoms with Gasteiger partial charge in [-0.3, -0.25) is 0 Å². The second-order valence-electron chi connectivity index (χ2n) is 15.6. The van der Waals surface area contributed by atoms with E-state index in [2.05, 4.69) is 157 Å². The Kier molecular flexibility index (Phi) is 9.53. The number of rotatable bonds is 7. The van der Waals surface area contributed by atoms with Gasteiger partial charge in [0.1, 0.15) is 16.5 Å². The van der Waals surface area contributed by atoms with E-state index in [9.17, 15) is 0 Å². The first kappa shape index (κ1) is 34.1. The van der Waals surface area contributed by atoms with E-state index in [1.54, 1.807) is 0 Å². The summed E-state index contributed by atoms with van der Waals surface area (Å²) in [6.45, 7) is 22.1. The topological polar surface area (TPSA) is 24.5 Å². The Hall–Kier alpha value is -4.21. The van der Waals surface area contributed by atoms with Gasteiger partial charge in [-0.2, -0.15) is 0 Å². The number of nitrogens with one attached hydrogen (secondary N) is 1. The van der Waals surface area contributed by atoms with Crippen LogP contribution in [0.2, 0.25) is 5.02 Å². The Labute approximate surface area is 287 Å². The molecule has 244 valence electrons. The maximum absolute atomic E-state index is 6.92. The fourth-order valence-corrected chi connectivity index (χ4v) is 5.76. The molecule has 0 amide bonds. The molecule has 0 aliphatic carbocycles. The Morgan fingerprint density at radius 1 is 0.532 bits per heavy atom. The Morgan fingerprint density at radius 2 is 0.915 bits per heavy atom. The molecule has 0 saturated heterocycles. The van der Waals surface area contributed by atoms with Gasteiger partial charge in [0, 0.05) is 22.7 Å². The van der Waals surface area contributed by atoms with E-state index in [0.717, 1.165) is 39.7 Å². The quantitative estimate of drug-likeness (QED) is 0.191. The summed E-state index contributed by atoms with van der Waals surface area (Å²) >= 11 is 6.92. The number of benzene rings is 5. The molecular weight excluding hydrogens is 596 g/mol. The highest BCUT2D eigenvalue weighted by atomic mass is 35.5. The summed E-state index contributed by atoms with van der Waals surface area (Å²) < 4.78 is 6.26. The van der Waals surface area contributed by atoms with E-state index in [1.165, 1.54) is 16.7 Å².